The van der Waals surface area contributed by atoms with Crippen molar-refractivity contribution in [2.45, 2.75) is 52.2 Å². The second-order valence-corrected chi connectivity index (χ2v) is 5.71. The Hall–Kier alpha value is -1.61. The standard InChI is InChI=1S/C17H23N3/c1-3-14-4-6-15(7-5-14)12-20-13(2)18-10-17(20)11-19-16-8-9-16/h4-7,10,16,19H,3,8-9,11-12H2,1-2H3. The van der Waals surface area contributed by atoms with Gasteiger partial charge in [0.15, 0.2) is 0 Å². The van der Waals surface area contributed by atoms with E-state index in [0.717, 1.165) is 31.4 Å². The number of aryl methyl sites for hydroxylation is 2. The third-order valence-electron chi connectivity index (χ3n) is 4.06. The third kappa shape index (κ3) is 3.10. The topological polar surface area (TPSA) is 29.9 Å². The molecule has 0 unspecified atom stereocenters. The van der Waals surface area contributed by atoms with Gasteiger partial charge in [0.1, 0.15) is 5.82 Å². The Balaban J connectivity index is 1.72. The summed E-state index contributed by atoms with van der Waals surface area (Å²) in [5.74, 6) is 1.09. The van der Waals surface area contributed by atoms with E-state index in [2.05, 4.69) is 53.0 Å². The summed E-state index contributed by atoms with van der Waals surface area (Å²) in [6, 6.07) is 9.66. The van der Waals surface area contributed by atoms with Gasteiger partial charge in [-0.25, -0.2) is 4.98 Å². The molecule has 3 nitrogen and oxygen atoms in total. The molecule has 2 aromatic rings. The van der Waals surface area contributed by atoms with Crippen LogP contribution < -0.4 is 5.32 Å². The molecule has 0 atom stereocenters. The van der Waals surface area contributed by atoms with Crippen LogP contribution in [0.3, 0.4) is 0 Å². The maximum Gasteiger partial charge on any atom is 0.106 e. The Bertz CT molecular complexity index is 564. The van der Waals surface area contributed by atoms with Gasteiger partial charge in [-0.05, 0) is 37.3 Å². The van der Waals surface area contributed by atoms with Gasteiger partial charge in [0.2, 0.25) is 0 Å². The van der Waals surface area contributed by atoms with Crippen LogP contribution >= 0.6 is 0 Å². The van der Waals surface area contributed by atoms with E-state index < -0.39 is 0 Å². The summed E-state index contributed by atoms with van der Waals surface area (Å²) < 4.78 is 2.32. The van der Waals surface area contributed by atoms with Crippen molar-refractivity contribution in [3.8, 4) is 0 Å². The van der Waals surface area contributed by atoms with E-state index in [1.165, 1.54) is 29.7 Å². The predicted octanol–water partition coefficient (Wildman–Crippen LogP) is 3.05. The molecule has 0 spiro atoms. The van der Waals surface area contributed by atoms with Crippen molar-refractivity contribution in [2.75, 3.05) is 0 Å². The first-order valence-electron chi connectivity index (χ1n) is 7.58. The number of benzene rings is 1. The highest BCUT2D eigenvalue weighted by Crippen LogP contribution is 2.19. The lowest BCUT2D eigenvalue weighted by Crippen LogP contribution is -2.18. The molecule has 0 radical (unpaired) electrons. The minimum atomic E-state index is 0.738. The molecule has 1 aromatic heterocycles. The molecule has 0 saturated heterocycles. The van der Waals surface area contributed by atoms with Crippen molar-refractivity contribution >= 4 is 0 Å². The van der Waals surface area contributed by atoms with E-state index >= 15 is 0 Å². The van der Waals surface area contributed by atoms with Crippen molar-refractivity contribution in [3.63, 3.8) is 0 Å². The van der Waals surface area contributed by atoms with E-state index in [9.17, 15) is 0 Å². The number of hydrogen-bond donors (Lipinski definition) is 1. The molecular weight excluding hydrogens is 246 g/mol. The second kappa shape index (κ2) is 5.80. The van der Waals surface area contributed by atoms with Crippen molar-refractivity contribution in [3.05, 3.63) is 53.1 Å². The summed E-state index contributed by atoms with van der Waals surface area (Å²) in [5, 5.41) is 3.57. The Morgan fingerprint density at radius 2 is 1.90 bits per heavy atom. The van der Waals surface area contributed by atoms with E-state index in [4.69, 9.17) is 0 Å². The van der Waals surface area contributed by atoms with E-state index in [1.54, 1.807) is 0 Å². The van der Waals surface area contributed by atoms with Gasteiger partial charge in [0.05, 0.1) is 5.69 Å². The van der Waals surface area contributed by atoms with Crippen LogP contribution in [-0.4, -0.2) is 15.6 Å². The predicted molar refractivity (Wildman–Crippen MR) is 81.7 cm³/mol. The zero-order chi connectivity index (χ0) is 13.9. The molecule has 20 heavy (non-hydrogen) atoms. The average Bonchev–Trinajstić information content (AvgIpc) is 3.24. The van der Waals surface area contributed by atoms with E-state index in [-0.39, 0.29) is 0 Å². The van der Waals surface area contributed by atoms with Gasteiger partial charge in [-0.1, -0.05) is 31.2 Å². The number of rotatable bonds is 6. The maximum atomic E-state index is 4.47. The SMILES string of the molecule is CCc1ccc(Cn2c(CNC3CC3)cnc2C)cc1. The third-order valence-corrected chi connectivity index (χ3v) is 4.06. The second-order valence-electron chi connectivity index (χ2n) is 5.71. The van der Waals surface area contributed by atoms with Gasteiger partial charge < -0.3 is 9.88 Å². The summed E-state index contributed by atoms with van der Waals surface area (Å²) >= 11 is 0. The van der Waals surface area contributed by atoms with Crippen LogP contribution in [0, 0.1) is 6.92 Å². The van der Waals surface area contributed by atoms with E-state index in [0.29, 0.717) is 0 Å². The number of hydrogen-bond acceptors (Lipinski definition) is 2. The quantitative estimate of drug-likeness (QED) is 0.873. The first kappa shape index (κ1) is 13.4. The molecule has 3 heteroatoms. The monoisotopic (exact) mass is 269 g/mol. The zero-order valence-electron chi connectivity index (χ0n) is 12.4. The summed E-state index contributed by atoms with van der Waals surface area (Å²) in [7, 11) is 0. The Labute approximate surface area is 121 Å². The van der Waals surface area contributed by atoms with Crippen LogP contribution in [0.5, 0.6) is 0 Å². The molecule has 1 saturated carbocycles. The van der Waals surface area contributed by atoms with Crippen LogP contribution in [0.2, 0.25) is 0 Å². The molecule has 106 valence electrons. The molecule has 0 amide bonds. The molecule has 1 aromatic carbocycles. The van der Waals surface area contributed by atoms with Gasteiger partial charge >= 0.3 is 0 Å². The summed E-state index contributed by atoms with van der Waals surface area (Å²) in [4.78, 5) is 4.47. The molecule has 1 N–H and O–H groups in total. The number of nitrogens with zero attached hydrogens (tertiary/aromatic N) is 2. The normalized spacial score (nSPS) is 14.7. The molecule has 1 aliphatic carbocycles. The fourth-order valence-electron chi connectivity index (χ4n) is 2.47. The summed E-state index contributed by atoms with van der Waals surface area (Å²) in [5.41, 5.74) is 4.02. The van der Waals surface area contributed by atoms with Gasteiger partial charge in [-0.15, -0.1) is 0 Å². The highest BCUT2D eigenvalue weighted by atomic mass is 15.1. The van der Waals surface area contributed by atoms with Gasteiger partial charge in [0.25, 0.3) is 0 Å². The minimum absolute atomic E-state index is 0.738. The first-order valence-corrected chi connectivity index (χ1v) is 7.58. The Kier molecular flexibility index (Phi) is 3.88. The van der Waals surface area contributed by atoms with Crippen molar-refractivity contribution in [1.82, 2.24) is 14.9 Å². The summed E-state index contributed by atoms with van der Waals surface area (Å²) in [6.07, 6.45) is 5.75. The smallest absolute Gasteiger partial charge is 0.106 e. The number of imidazole rings is 1. The molecular formula is C17H23N3. The molecule has 1 heterocycles. The van der Waals surface area contributed by atoms with Crippen LogP contribution in [-0.2, 0) is 19.5 Å². The molecule has 0 aliphatic heterocycles. The highest BCUT2D eigenvalue weighted by Gasteiger charge is 2.20. The average molecular weight is 269 g/mol. The zero-order valence-corrected chi connectivity index (χ0v) is 12.4. The van der Waals surface area contributed by atoms with Crippen LogP contribution in [0.1, 0.15) is 42.4 Å². The van der Waals surface area contributed by atoms with Crippen LogP contribution in [0.15, 0.2) is 30.5 Å². The molecule has 3 rings (SSSR count). The minimum Gasteiger partial charge on any atom is -0.327 e. The van der Waals surface area contributed by atoms with Gasteiger partial charge in [-0.2, -0.15) is 0 Å². The Morgan fingerprint density at radius 3 is 2.55 bits per heavy atom. The lowest BCUT2D eigenvalue weighted by atomic mass is 10.1. The lowest BCUT2D eigenvalue weighted by molar-refractivity contribution is 0.626. The summed E-state index contributed by atoms with van der Waals surface area (Å²) in [6.45, 7) is 6.12. The van der Waals surface area contributed by atoms with Gasteiger partial charge in [-0.3, -0.25) is 0 Å². The van der Waals surface area contributed by atoms with Crippen molar-refractivity contribution in [1.29, 1.82) is 0 Å². The molecule has 1 fully saturated rings. The van der Waals surface area contributed by atoms with E-state index in [1.807, 2.05) is 6.20 Å². The number of nitrogens with one attached hydrogen (secondary N) is 1. The maximum absolute atomic E-state index is 4.47. The molecule has 1 aliphatic rings. The number of aromatic nitrogens is 2. The largest absolute Gasteiger partial charge is 0.327 e. The lowest BCUT2D eigenvalue weighted by Gasteiger charge is -2.11. The van der Waals surface area contributed by atoms with Crippen LogP contribution in [0.4, 0.5) is 0 Å². The van der Waals surface area contributed by atoms with Gasteiger partial charge in [0, 0.05) is 25.3 Å². The van der Waals surface area contributed by atoms with Crippen molar-refractivity contribution in [2.24, 2.45) is 0 Å². The van der Waals surface area contributed by atoms with Crippen molar-refractivity contribution < 1.29 is 0 Å². The van der Waals surface area contributed by atoms with Crippen LogP contribution in [0.25, 0.3) is 0 Å². The highest BCUT2D eigenvalue weighted by molar-refractivity contribution is 5.23. The fourth-order valence-corrected chi connectivity index (χ4v) is 2.47. The Morgan fingerprint density at radius 1 is 1.20 bits per heavy atom. The fraction of sp³-hybridized carbons (Fsp3) is 0.471. The molecule has 0 bridgehead atoms. The first-order chi connectivity index (χ1) is 9.76.